The molecule has 28 heavy (non-hydrogen) atoms. The van der Waals surface area contributed by atoms with Gasteiger partial charge in [-0.15, -0.1) is 0 Å². The van der Waals surface area contributed by atoms with Crippen LogP contribution in [0.4, 0.5) is 0 Å². The average molecular weight is 374 g/mol. The van der Waals surface area contributed by atoms with E-state index in [1.54, 1.807) is 12.1 Å². The number of hydrogen-bond acceptors (Lipinski definition) is 4. The summed E-state index contributed by atoms with van der Waals surface area (Å²) in [5, 5.41) is 5.57. The molecule has 142 valence electrons. The summed E-state index contributed by atoms with van der Waals surface area (Å²) in [4.78, 5) is 31.8. The molecule has 0 N–H and O–H groups in total. The number of carbonyl (C=O) groups is 1. The zero-order valence-corrected chi connectivity index (χ0v) is 15.6. The van der Waals surface area contributed by atoms with Gasteiger partial charge < -0.3 is 4.90 Å². The molecule has 6 heteroatoms. The van der Waals surface area contributed by atoms with Crippen LogP contribution in [0.2, 0.25) is 0 Å². The highest BCUT2D eigenvalue weighted by molar-refractivity contribution is 5.95. The summed E-state index contributed by atoms with van der Waals surface area (Å²) in [6.07, 6.45) is 4.10. The molecule has 2 aliphatic rings. The second-order valence-corrected chi connectivity index (χ2v) is 7.74. The van der Waals surface area contributed by atoms with Gasteiger partial charge in [-0.2, -0.15) is 5.10 Å². The lowest BCUT2D eigenvalue weighted by Gasteiger charge is -2.25. The number of rotatable bonds is 4. The third-order valence-electron chi connectivity index (χ3n) is 5.72. The Hall–Kier alpha value is -3.02. The van der Waals surface area contributed by atoms with Crippen molar-refractivity contribution in [1.82, 2.24) is 19.7 Å². The summed E-state index contributed by atoms with van der Waals surface area (Å²) in [6.45, 7) is 1.13. The summed E-state index contributed by atoms with van der Waals surface area (Å²) in [7, 11) is 0. The molecule has 1 aromatic carbocycles. The van der Waals surface area contributed by atoms with Crippen molar-refractivity contribution < 1.29 is 4.79 Å². The van der Waals surface area contributed by atoms with Crippen LogP contribution in [0.5, 0.6) is 0 Å². The SMILES string of the molecule is O=C(c1ccc2ccccc2n1)N1CCCC1Cn1nc(C2CC2)ccc1=O. The van der Waals surface area contributed by atoms with E-state index >= 15 is 0 Å². The van der Waals surface area contributed by atoms with Gasteiger partial charge in [-0.1, -0.05) is 24.3 Å². The number of carbonyl (C=O) groups excluding carboxylic acids is 1. The quantitative estimate of drug-likeness (QED) is 0.704. The molecule has 2 aromatic heterocycles. The fourth-order valence-electron chi connectivity index (χ4n) is 4.02. The van der Waals surface area contributed by atoms with Gasteiger partial charge in [-0.05, 0) is 43.9 Å². The lowest BCUT2D eigenvalue weighted by Crippen LogP contribution is -2.41. The standard InChI is InChI=1S/C22H22N4O2/c27-21-12-11-19(16-7-8-16)24-26(21)14-17-5-3-13-25(17)22(28)20-10-9-15-4-1-2-6-18(15)23-20/h1-2,4,6,9-12,16-17H,3,5,7-8,13-14H2. The molecule has 1 saturated heterocycles. The molecule has 1 amide bonds. The van der Waals surface area contributed by atoms with E-state index in [9.17, 15) is 9.59 Å². The number of benzene rings is 1. The summed E-state index contributed by atoms with van der Waals surface area (Å²) in [6, 6.07) is 14.9. The van der Waals surface area contributed by atoms with E-state index in [4.69, 9.17) is 0 Å². The van der Waals surface area contributed by atoms with Gasteiger partial charge in [0.05, 0.1) is 23.8 Å². The monoisotopic (exact) mass is 374 g/mol. The summed E-state index contributed by atoms with van der Waals surface area (Å²) in [5.74, 6) is 0.426. The van der Waals surface area contributed by atoms with Crippen LogP contribution < -0.4 is 5.56 Å². The molecular formula is C22H22N4O2. The highest BCUT2D eigenvalue weighted by Gasteiger charge is 2.31. The first-order valence-corrected chi connectivity index (χ1v) is 9.94. The fraction of sp³-hybridized carbons (Fsp3) is 0.364. The molecule has 6 nitrogen and oxygen atoms in total. The van der Waals surface area contributed by atoms with Gasteiger partial charge in [0.15, 0.2) is 0 Å². The van der Waals surface area contributed by atoms with E-state index in [2.05, 4.69) is 10.1 Å². The van der Waals surface area contributed by atoms with Crippen molar-refractivity contribution in [3.8, 4) is 0 Å². The van der Waals surface area contributed by atoms with E-state index in [0.29, 0.717) is 24.7 Å². The highest BCUT2D eigenvalue weighted by Crippen LogP contribution is 2.38. The van der Waals surface area contributed by atoms with E-state index in [-0.39, 0.29) is 17.5 Å². The summed E-state index contributed by atoms with van der Waals surface area (Å²) in [5.41, 5.74) is 2.16. The van der Waals surface area contributed by atoms with E-state index < -0.39 is 0 Å². The Labute approximate surface area is 162 Å². The predicted molar refractivity (Wildman–Crippen MR) is 106 cm³/mol. The zero-order valence-electron chi connectivity index (χ0n) is 15.6. The summed E-state index contributed by atoms with van der Waals surface area (Å²) < 4.78 is 1.54. The van der Waals surface area contributed by atoms with E-state index in [1.165, 1.54) is 4.68 Å². The van der Waals surface area contributed by atoms with Gasteiger partial charge in [0.25, 0.3) is 11.5 Å². The van der Waals surface area contributed by atoms with Crippen LogP contribution in [-0.4, -0.2) is 38.2 Å². The fourth-order valence-corrected chi connectivity index (χ4v) is 4.02. The van der Waals surface area contributed by atoms with Crippen LogP contribution in [0.15, 0.2) is 53.3 Å². The number of aromatic nitrogens is 3. The van der Waals surface area contributed by atoms with Crippen molar-refractivity contribution in [1.29, 1.82) is 0 Å². The molecular weight excluding hydrogens is 352 g/mol. The number of hydrogen-bond donors (Lipinski definition) is 0. The van der Waals surface area contributed by atoms with Crippen molar-refractivity contribution >= 4 is 16.8 Å². The largest absolute Gasteiger partial charge is 0.332 e. The minimum absolute atomic E-state index is 0.0274. The highest BCUT2D eigenvalue weighted by atomic mass is 16.2. The Bertz CT molecular complexity index is 1100. The van der Waals surface area contributed by atoms with E-state index in [0.717, 1.165) is 42.3 Å². The molecule has 0 bridgehead atoms. The van der Waals surface area contributed by atoms with Gasteiger partial charge in [0, 0.05) is 23.9 Å². The van der Waals surface area contributed by atoms with Crippen molar-refractivity contribution in [2.45, 2.75) is 44.2 Å². The van der Waals surface area contributed by atoms with Crippen LogP contribution in [0.1, 0.15) is 47.8 Å². The van der Waals surface area contributed by atoms with Gasteiger partial charge >= 0.3 is 0 Å². The summed E-state index contributed by atoms with van der Waals surface area (Å²) >= 11 is 0. The first-order chi connectivity index (χ1) is 13.7. The Morgan fingerprint density at radius 1 is 1.04 bits per heavy atom. The van der Waals surface area contributed by atoms with Crippen LogP contribution in [0.25, 0.3) is 10.9 Å². The third-order valence-corrected chi connectivity index (χ3v) is 5.72. The molecule has 1 atom stereocenters. The van der Waals surface area contributed by atoms with E-state index in [1.807, 2.05) is 41.3 Å². The van der Waals surface area contributed by atoms with Crippen LogP contribution >= 0.6 is 0 Å². The minimum Gasteiger partial charge on any atom is -0.332 e. The second kappa shape index (κ2) is 6.86. The third kappa shape index (κ3) is 3.19. The van der Waals surface area contributed by atoms with Crippen LogP contribution in [-0.2, 0) is 6.54 Å². The van der Waals surface area contributed by atoms with Gasteiger partial charge in [0.1, 0.15) is 5.69 Å². The molecule has 3 aromatic rings. The van der Waals surface area contributed by atoms with Crippen molar-refractivity contribution in [3.05, 3.63) is 70.3 Å². The lowest BCUT2D eigenvalue weighted by atomic mass is 10.2. The smallest absolute Gasteiger partial charge is 0.272 e. The molecule has 1 saturated carbocycles. The van der Waals surface area contributed by atoms with Crippen LogP contribution in [0, 0.1) is 0 Å². The molecule has 3 heterocycles. The Morgan fingerprint density at radius 2 is 1.89 bits per heavy atom. The lowest BCUT2D eigenvalue weighted by molar-refractivity contribution is 0.0714. The number of pyridine rings is 1. The Kier molecular flexibility index (Phi) is 4.19. The first kappa shape index (κ1) is 17.1. The maximum Gasteiger partial charge on any atom is 0.272 e. The van der Waals surface area contributed by atoms with Gasteiger partial charge in [0.2, 0.25) is 0 Å². The zero-order chi connectivity index (χ0) is 19.1. The second-order valence-electron chi connectivity index (χ2n) is 7.74. The minimum atomic E-state index is -0.104. The maximum absolute atomic E-state index is 13.1. The number of para-hydroxylation sites is 1. The first-order valence-electron chi connectivity index (χ1n) is 9.94. The Balaban J connectivity index is 1.39. The van der Waals surface area contributed by atoms with Crippen molar-refractivity contribution in [2.75, 3.05) is 6.54 Å². The number of nitrogens with zero attached hydrogens (tertiary/aromatic N) is 4. The molecule has 1 unspecified atom stereocenters. The molecule has 5 rings (SSSR count). The van der Waals surface area contributed by atoms with Crippen LogP contribution in [0.3, 0.4) is 0 Å². The Morgan fingerprint density at radius 3 is 2.75 bits per heavy atom. The molecule has 0 spiro atoms. The van der Waals surface area contributed by atoms with Gasteiger partial charge in [-0.25, -0.2) is 9.67 Å². The average Bonchev–Trinajstić information content (AvgIpc) is 3.47. The number of amides is 1. The van der Waals surface area contributed by atoms with Crippen molar-refractivity contribution in [2.24, 2.45) is 0 Å². The predicted octanol–water partition coefficient (Wildman–Crippen LogP) is 2.97. The molecule has 1 aliphatic carbocycles. The topological polar surface area (TPSA) is 68.1 Å². The molecule has 1 aliphatic heterocycles. The van der Waals surface area contributed by atoms with Gasteiger partial charge in [-0.3, -0.25) is 9.59 Å². The molecule has 0 radical (unpaired) electrons. The normalized spacial score (nSPS) is 19.3. The maximum atomic E-state index is 13.1. The number of fused-ring (bicyclic) bond motifs is 1. The van der Waals surface area contributed by atoms with Crippen molar-refractivity contribution in [3.63, 3.8) is 0 Å². The number of likely N-dealkylation sites (tertiary alicyclic amines) is 1. The molecule has 2 fully saturated rings.